The number of fused-ring (bicyclic) bond motifs is 7. The highest BCUT2D eigenvalue weighted by atomic mass is 16.7. The van der Waals surface area contributed by atoms with Crippen molar-refractivity contribution in [2.75, 3.05) is 6.61 Å². The van der Waals surface area contributed by atoms with Crippen LogP contribution in [0.4, 0.5) is 0 Å². The Labute approximate surface area is 188 Å². The van der Waals surface area contributed by atoms with Crippen LogP contribution in [-0.2, 0) is 9.47 Å². The quantitative estimate of drug-likeness (QED) is 0.579. The van der Waals surface area contributed by atoms with E-state index in [-0.39, 0.29) is 23.4 Å². The molecule has 31 heavy (non-hydrogen) atoms. The summed E-state index contributed by atoms with van der Waals surface area (Å²) in [6.07, 6.45) is 9.56. The number of rotatable bonds is 0. The third kappa shape index (κ3) is 2.74. The molecule has 6 rings (SSSR count). The van der Waals surface area contributed by atoms with Gasteiger partial charge in [-0.05, 0) is 97.7 Å². The summed E-state index contributed by atoms with van der Waals surface area (Å²) in [7, 11) is 0. The molecule has 0 aromatic rings. The third-order valence-corrected chi connectivity index (χ3v) is 12.0. The zero-order valence-corrected chi connectivity index (χ0v) is 20.1. The number of hydrogen-bond acceptors (Lipinski definition) is 4. The summed E-state index contributed by atoms with van der Waals surface area (Å²) in [6, 6.07) is 0. The highest BCUT2D eigenvalue weighted by Crippen LogP contribution is 2.71. The summed E-state index contributed by atoms with van der Waals surface area (Å²) < 4.78 is 13.3. The Kier molecular flexibility index (Phi) is 4.78. The van der Waals surface area contributed by atoms with Crippen molar-refractivity contribution in [3.8, 4) is 0 Å². The van der Waals surface area contributed by atoms with Crippen LogP contribution in [0.2, 0.25) is 0 Å². The van der Waals surface area contributed by atoms with Crippen LogP contribution < -0.4 is 0 Å². The Balaban J connectivity index is 1.27. The van der Waals surface area contributed by atoms with Crippen LogP contribution in [0.5, 0.6) is 0 Å². The molecule has 2 heterocycles. The fourth-order valence-electron chi connectivity index (χ4n) is 10.3. The molecule has 6 aliphatic rings. The molecule has 13 atom stereocenters. The van der Waals surface area contributed by atoms with Crippen LogP contribution in [-0.4, -0.2) is 40.9 Å². The fraction of sp³-hybridized carbons (Fsp3) is 1.00. The average molecular weight is 433 g/mol. The second kappa shape index (κ2) is 6.93. The minimum atomic E-state index is -0.351. The van der Waals surface area contributed by atoms with Crippen LogP contribution in [0, 0.1) is 52.3 Å². The first kappa shape index (κ1) is 21.4. The van der Waals surface area contributed by atoms with E-state index in [0.29, 0.717) is 59.4 Å². The van der Waals surface area contributed by atoms with Crippen molar-refractivity contribution in [3.63, 3.8) is 0 Å². The Morgan fingerprint density at radius 2 is 1.68 bits per heavy atom. The lowest BCUT2D eigenvalue weighted by atomic mass is 9.43. The minimum absolute atomic E-state index is 0.0164. The molecule has 0 radical (unpaired) electrons. The van der Waals surface area contributed by atoms with Gasteiger partial charge >= 0.3 is 0 Å². The van der Waals surface area contributed by atoms with Crippen LogP contribution >= 0.6 is 0 Å². The lowest BCUT2D eigenvalue weighted by Gasteiger charge is -2.62. The van der Waals surface area contributed by atoms with Gasteiger partial charge in [0.15, 0.2) is 5.79 Å². The maximum Gasteiger partial charge on any atom is 0.171 e. The van der Waals surface area contributed by atoms with Crippen LogP contribution in [0.25, 0.3) is 0 Å². The van der Waals surface area contributed by atoms with Gasteiger partial charge in [0.1, 0.15) is 0 Å². The fourth-order valence-corrected chi connectivity index (χ4v) is 10.3. The summed E-state index contributed by atoms with van der Waals surface area (Å²) in [5.41, 5.74) is 0.320. The van der Waals surface area contributed by atoms with E-state index in [0.717, 1.165) is 19.4 Å². The van der Waals surface area contributed by atoms with E-state index < -0.39 is 0 Å². The first-order valence-corrected chi connectivity index (χ1v) is 13.4. The molecular formula is C27H44O4. The second-order valence-electron chi connectivity index (χ2n) is 13.2. The number of aliphatic hydroxyl groups is 2. The summed E-state index contributed by atoms with van der Waals surface area (Å²) in [4.78, 5) is 0. The van der Waals surface area contributed by atoms with E-state index in [2.05, 4.69) is 27.7 Å². The molecule has 0 bridgehead atoms. The van der Waals surface area contributed by atoms with Gasteiger partial charge in [-0.2, -0.15) is 0 Å². The summed E-state index contributed by atoms with van der Waals surface area (Å²) in [6.45, 7) is 10.5. The molecule has 4 aliphatic carbocycles. The van der Waals surface area contributed by atoms with Gasteiger partial charge in [-0.15, -0.1) is 0 Å². The number of ether oxygens (including phenoxy) is 2. The zero-order valence-electron chi connectivity index (χ0n) is 20.1. The standard InChI is InChI=1S/C27H44O4/c1-15-7-10-27(30-14-15)16(2)24-22(31-27)13-21-19-6-5-17-11-18(28)12-23(29)26(17,4)20(19)8-9-25(21,24)3/h15-24,28-29H,5-14H2,1-4H3/t15-,16+,17+,18+,19-,20+,21+,22+,23-,24+,25+,26+,27?/m1/s1. The number of aliphatic hydroxyl groups excluding tert-OH is 2. The predicted octanol–water partition coefficient (Wildman–Crippen LogP) is 4.76. The van der Waals surface area contributed by atoms with E-state index in [1.807, 2.05) is 0 Å². The normalized spacial score (nSPS) is 63.3. The predicted molar refractivity (Wildman–Crippen MR) is 119 cm³/mol. The van der Waals surface area contributed by atoms with Gasteiger partial charge in [-0.1, -0.05) is 27.7 Å². The van der Waals surface area contributed by atoms with Gasteiger partial charge in [-0.25, -0.2) is 0 Å². The molecule has 176 valence electrons. The average Bonchev–Trinajstić information content (AvgIpc) is 3.16. The van der Waals surface area contributed by atoms with Crippen LogP contribution in [0.1, 0.15) is 85.5 Å². The van der Waals surface area contributed by atoms with E-state index >= 15 is 0 Å². The SMILES string of the molecule is C[C@@H]1CCC2(OC1)O[C@H]1C[C@H]3[C@@H]4CC[C@H]5C[C@H](O)C[C@@H](O)[C@]5(C)[C@H]4CC[C@]3(C)[C@H]1[C@@H]2C. The summed E-state index contributed by atoms with van der Waals surface area (Å²) in [5, 5.41) is 21.5. The molecule has 0 amide bonds. The van der Waals surface area contributed by atoms with Gasteiger partial charge in [0.25, 0.3) is 0 Å². The van der Waals surface area contributed by atoms with Crippen molar-refractivity contribution >= 4 is 0 Å². The van der Waals surface area contributed by atoms with Crippen molar-refractivity contribution in [3.05, 3.63) is 0 Å². The van der Waals surface area contributed by atoms with Gasteiger partial charge in [0.2, 0.25) is 0 Å². The second-order valence-corrected chi connectivity index (χ2v) is 13.2. The van der Waals surface area contributed by atoms with Crippen molar-refractivity contribution in [2.45, 2.75) is 110 Å². The first-order valence-electron chi connectivity index (χ1n) is 13.4. The highest BCUT2D eigenvalue weighted by molar-refractivity contribution is 5.16. The van der Waals surface area contributed by atoms with E-state index in [1.54, 1.807) is 0 Å². The molecule has 0 aromatic heterocycles. The molecule has 4 saturated carbocycles. The summed E-state index contributed by atoms with van der Waals surface area (Å²) >= 11 is 0. The van der Waals surface area contributed by atoms with Crippen LogP contribution in [0.3, 0.4) is 0 Å². The van der Waals surface area contributed by atoms with Crippen molar-refractivity contribution in [1.29, 1.82) is 0 Å². The molecule has 2 N–H and O–H groups in total. The Morgan fingerprint density at radius 1 is 0.871 bits per heavy atom. The largest absolute Gasteiger partial charge is 0.393 e. The van der Waals surface area contributed by atoms with Gasteiger partial charge < -0.3 is 19.7 Å². The van der Waals surface area contributed by atoms with Crippen molar-refractivity contribution in [2.24, 2.45) is 52.3 Å². The highest BCUT2D eigenvalue weighted by Gasteiger charge is 2.69. The van der Waals surface area contributed by atoms with E-state index in [9.17, 15) is 10.2 Å². The Hall–Kier alpha value is -0.160. The molecule has 1 unspecified atom stereocenters. The van der Waals surface area contributed by atoms with E-state index in [4.69, 9.17) is 9.47 Å². The maximum atomic E-state index is 11.2. The van der Waals surface area contributed by atoms with Crippen LogP contribution in [0.15, 0.2) is 0 Å². The molecular weight excluding hydrogens is 388 g/mol. The van der Waals surface area contributed by atoms with Crippen molar-refractivity contribution in [1.82, 2.24) is 0 Å². The van der Waals surface area contributed by atoms with Crippen molar-refractivity contribution < 1.29 is 19.7 Å². The first-order chi connectivity index (χ1) is 14.7. The lowest BCUT2D eigenvalue weighted by molar-refractivity contribution is -0.273. The summed E-state index contributed by atoms with van der Waals surface area (Å²) in [5.74, 6) is 3.89. The minimum Gasteiger partial charge on any atom is -0.393 e. The Morgan fingerprint density at radius 3 is 2.42 bits per heavy atom. The van der Waals surface area contributed by atoms with Gasteiger partial charge in [0.05, 0.1) is 24.9 Å². The molecule has 2 saturated heterocycles. The zero-order chi connectivity index (χ0) is 21.8. The topological polar surface area (TPSA) is 58.9 Å². The molecule has 4 nitrogen and oxygen atoms in total. The molecule has 6 fully saturated rings. The molecule has 4 heteroatoms. The maximum absolute atomic E-state index is 11.2. The monoisotopic (exact) mass is 432 g/mol. The van der Waals surface area contributed by atoms with E-state index in [1.165, 1.54) is 38.5 Å². The van der Waals surface area contributed by atoms with Gasteiger partial charge in [-0.3, -0.25) is 0 Å². The molecule has 2 aliphatic heterocycles. The lowest BCUT2D eigenvalue weighted by Crippen LogP contribution is -2.59. The molecule has 0 aromatic carbocycles. The smallest absolute Gasteiger partial charge is 0.171 e. The Bertz CT molecular complexity index is 716. The molecule has 1 spiro atoms. The van der Waals surface area contributed by atoms with Gasteiger partial charge in [0, 0.05) is 12.3 Å². The third-order valence-electron chi connectivity index (χ3n) is 12.0. The number of hydrogen-bond donors (Lipinski definition) is 2.